The van der Waals surface area contributed by atoms with Crippen molar-refractivity contribution >= 4 is 29.2 Å². The average molecular weight is 395 g/mol. The lowest BCUT2D eigenvalue weighted by atomic mass is 9.95. The summed E-state index contributed by atoms with van der Waals surface area (Å²) in [6.45, 7) is 8.93. The normalized spacial score (nSPS) is 12.4. The zero-order chi connectivity index (χ0) is 21.4. The van der Waals surface area contributed by atoms with Gasteiger partial charge in [-0.2, -0.15) is 0 Å². The second-order valence-electron chi connectivity index (χ2n) is 7.07. The Hall–Kier alpha value is -2.82. The maximum atomic E-state index is 11.1. The first-order valence-corrected chi connectivity index (χ1v) is 10.6. The Morgan fingerprint density at radius 2 is 1.90 bits per heavy atom. The van der Waals surface area contributed by atoms with E-state index >= 15 is 0 Å². The highest BCUT2D eigenvalue weighted by Gasteiger charge is 2.28. The van der Waals surface area contributed by atoms with Gasteiger partial charge in [0.25, 0.3) is 0 Å². The van der Waals surface area contributed by atoms with Crippen LogP contribution in [0.2, 0.25) is 0 Å². The van der Waals surface area contributed by atoms with Crippen molar-refractivity contribution in [2.75, 3.05) is 29.5 Å². The van der Waals surface area contributed by atoms with Gasteiger partial charge in [-0.3, -0.25) is 4.79 Å². The summed E-state index contributed by atoms with van der Waals surface area (Å²) in [5.74, 6) is 0.385. The average Bonchev–Trinajstić information content (AvgIpc) is 3.60. The molecule has 0 atom stereocenters. The van der Waals surface area contributed by atoms with Gasteiger partial charge < -0.3 is 21.4 Å². The molecule has 0 spiro atoms. The number of hydrogen-bond acceptors (Lipinski definition) is 4. The molecule has 5 heteroatoms. The quantitative estimate of drug-likeness (QED) is 0.316. The van der Waals surface area contributed by atoms with Crippen molar-refractivity contribution in [3.05, 3.63) is 41.5 Å². The van der Waals surface area contributed by atoms with E-state index in [9.17, 15) is 4.79 Å². The Kier molecular flexibility index (Phi) is 8.25. The van der Waals surface area contributed by atoms with Crippen LogP contribution in [0.5, 0.6) is 0 Å². The van der Waals surface area contributed by atoms with Crippen molar-refractivity contribution in [2.45, 2.75) is 47.0 Å². The van der Waals surface area contributed by atoms with Crippen LogP contribution < -0.4 is 16.0 Å². The van der Waals surface area contributed by atoms with Crippen LogP contribution in [-0.2, 0) is 4.79 Å². The Morgan fingerprint density at radius 1 is 1.17 bits per heavy atom. The monoisotopic (exact) mass is 394 g/mol. The fraction of sp³-hybridized carbons (Fsp3) is 0.417. The van der Waals surface area contributed by atoms with Crippen molar-refractivity contribution in [3.8, 4) is 11.1 Å². The molecule has 156 valence electrons. The molecule has 1 saturated carbocycles. The van der Waals surface area contributed by atoms with E-state index in [1.165, 1.54) is 0 Å². The van der Waals surface area contributed by atoms with E-state index < -0.39 is 0 Å². The van der Waals surface area contributed by atoms with E-state index in [0.717, 1.165) is 71.5 Å². The minimum Gasteiger partial charge on any atom is -0.388 e. The Bertz CT molecular complexity index is 856. The first-order valence-electron chi connectivity index (χ1n) is 10.6. The predicted molar refractivity (Wildman–Crippen MR) is 126 cm³/mol. The van der Waals surface area contributed by atoms with E-state index in [1.807, 2.05) is 40.0 Å². The van der Waals surface area contributed by atoms with Crippen molar-refractivity contribution in [3.63, 3.8) is 0 Å². The van der Waals surface area contributed by atoms with E-state index in [1.54, 1.807) is 0 Å². The number of benzene rings is 2. The van der Waals surface area contributed by atoms with Crippen molar-refractivity contribution in [1.29, 1.82) is 5.41 Å². The minimum absolute atomic E-state index is 0.385. The third-order valence-corrected chi connectivity index (χ3v) is 5.04. The van der Waals surface area contributed by atoms with Gasteiger partial charge in [0.05, 0.1) is 11.4 Å². The van der Waals surface area contributed by atoms with E-state index in [0.29, 0.717) is 11.6 Å². The summed E-state index contributed by atoms with van der Waals surface area (Å²) < 4.78 is 0. The lowest BCUT2D eigenvalue weighted by molar-refractivity contribution is -0.105. The Balaban J connectivity index is 0.00000145. The van der Waals surface area contributed by atoms with Crippen molar-refractivity contribution in [2.24, 2.45) is 5.92 Å². The third kappa shape index (κ3) is 5.17. The summed E-state index contributed by atoms with van der Waals surface area (Å²) in [6.07, 6.45) is 3.92. The fourth-order valence-electron chi connectivity index (χ4n) is 3.37. The molecule has 0 unspecified atom stereocenters. The summed E-state index contributed by atoms with van der Waals surface area (Å²) in [5, 5.41) is 18.1. The van der Waals surface area contributed by atoms with Crippen LogP contribution in [0.15, 0.2) is 30.3 Å². The van der Waals surface area contributed by atoms with E-state index in [2.05, 4.69) is 41.1 Å². The Morgan fingerprint density at radius 3 is 2.48 bits per heavy atom. The number of nitrogens with one attached hydrogen (secondary N) is 4. The molecule has 0 radical (unpaired) electrons. The maximum Gasteiger partial charge on any atom is 0.211 e. The number of anilines is 3. The highest BCUT2D eigenvalue weighted by Crippen LogP contribution is 2.40. The molecule has 1 amide bonds. The molecule has 1 aliphatic rings. The summed E-state index contributed by atoms with van der Waals surface area (Å²) in [5.41, 5.74) is 7.50. The minimum atomic E-state index is 0.385. The van der Waals surface area contributed by atoms with Gasteiger partial charge in [-0.25, -0.2) is 0 Å². The highest BCUT2D eigenvalue weighted by molar-refractivity contribution is 6.07. The molecule has 5 nitrogen and oxygen atoms in total. The molecular weight excluding hydrogens is 360 g/mol. The zero-order valence-electron chi connectivity index (χ0n) is 18.3. The molecule has 4 N–H and O–H groups in total. The molecule has 1 fully saturated rings. The maximum absolute atomic E-state index is 11.1. The lowest BCUT2D eigenvalue weighted by Gasteiger charge is -2.19. The number of amides is 1. The van der Waals surface area contributed by atoms with Crippen LogP contribution in [0.1, 0.15) is 51.2 Å². The van der Waals surface area contributed by atoms with Crippen LogP contribution in [0, 0.1) is 18.3 Å². The SMILES string of the molecule is CC.CCCNc1c(-c2ccc(NC)c(C(=N)C3CC3)c2)ccc(C)c1NC=O. The van der Waals surface area contributed by atoms with Gasteiger partial charge in [-0.15, -0.1) is 0 Å². The van der Waals surface area contributed by atoms with Crippen LogP contribution >= 0.6 is 0 Å². The molecule has 0 saturated heterocycles. The number of rotatable bonds is 9. The molecule has 0 heterocycles. The number of hydrogen-bond donors (Lipinski definition) is 4. The van der Waals surface area contributed by atoms with Gasteiger partial charge in [0.1, 0.15) is 0 Å². The summed E-state index contributed by atoms with van der Waals surface area (Å²) >= 11 is 0. The summed E-state index contributed by atoms with van der Waals surface area (Å²) in [7, 11) is 1.89. The molecule has 2 aromatic carbocycles. The molecule has 2 aromatic rings. The standard InChI is InChI=1S/C22H28N4O.C2H6/c1-4-11-25-22-17(9-5-14(2)21(22)26-13-27)16-8-10-19(24-3)18(12-16)20(23)15-6-7-15;1-2/h5,8-10,12-13,15,23-25H,4,6-7,11H2,1-3H3,(H,26,27);1-2H3. The second kappa shape index (κ2) is 10.6. The van der Waals surface area contributed by atoms with Crippen LogP contribution in [0.4, 0.5) is 17.1 Å². The van der Waals surface area contributed by atoms with Gasteiger partial charge in [-0.1, -0.05) is 39.0 Å². The van der Waals surface area contributed by atoms with Crippen molar-refractivity contribution in [1.82, 2.24) is 0 Å². The summed E-state index contributed by atoms with van der Waals surface area (Å²) in [6, 6.07) is 10.3. The predicted octanol–water partition coefficient (Wildman–Crippen LogP) is 5.90. The van der Waals surface area contributed by atoms with Gasteiger partial charge in [-0.05, 0) is 49.4 Å². The largest absolute Gasteiger partial charge is 0.388 e. The smallest absolute Gasteiger partial charge is 0.211 e. The fourth-order valence-corrected chi connectivity index (χ4v) is 3.37. The van der Waals surface area contributed by atoms with Crippen LogP contribution in [0.25, 0.3) is 11.1 Å². The van der Waals surface area contributed by atoms with Crippen LogP contribution in [-0.4, -0.2) is 25.7 Å². The lowest BCUT2D eigenvalue weighted by Crippen LogP contribution is -2.09. The van der Waals surface area contributed by atoms with E-state index in [-0.39, 0.29) is 0 Å². The topological polar surface area (TPSA) is 77.0 Å². The van der Waals surface area contributed by atoms with E-state index in [4.69, 9.17) is 5.41 Å². The van der Waals surface area contributed by atoms with Gasteiger partial charge in [0.2, 0.25) is 6.41 Å². The first kappa shape index (κ1) is 22.5. The number of carbonyl (C=O) groups excluding carboxylic acids is 1. The van der Waals surface area contributed by atoms with Crippen molar-refractivity contribution < 1.29 is 4.79 Å². The molecule has 0 aliphatic heterocycles. The summed E-state index contributed by atoms with van der Waals surface area (Å²) in [4.78, 5) is 11.1. The number of carbonyl (C=O) groups is 1. The Labute approximate surface area is 174 Å². The highest BCUT2D eigenvalue weighted by atomic mass is 16.1. The van der Waals surface area contributed by atoms with Crippen LogP contribution in [0.3, 0.4) is 0 Å². The second-order valence-corrected chi connectivity index (χ2v) is 7.07. The van der Waals surface area contributed by atoms with Gasteiger partial charge >= 0.3 is 0 Å². The molecule has 0 bridgehead atoms. The zero-order valence-corrected chi connectivity index (χ0v) is 18.3. The number of aryl methyl sites for hydroxylation is 1. The van der Waals surface area contributed by atoms with Gasteiger partial charge in [0.15, 0.2) is 0 Å². The molecule has 29 heavy (non-hydrogen) atoms. The van der Waals surface area contributed by atoms with Gasteiger partial charge in [0, 0.05) is 42.0 Å². The molecular formula is C24H34N4O. The molecule has 0 aromatic heterocycles. The third-order valence-electron chi connectivity index (χ3n) is 5.04. The first-order chi connectivity index (χ1) is 14.1. The molecule has 3 rings (SSSR count). The molecule has 1 aliphatic carbocycles.